The molecule has 6 atom stereocenters. The van der Waals surface area contributed by atoms with Crippen molar-refractivity contribution in [3.8, 4) is 0 Å². The monoisotopic (exact) mass is 1770 g/mol. The van der Waals surface area contributed by atoms with Crippen LogP contribution in [-0.4, -0.2) is 105 Å². The first-order valence-electron chi connectivity index (χ1n) is 35.7. The van der Waals surface area contributed by atoms with Crippen molar-refractivity contribution in [3.05, 3.63) is 142 Å². The molecule has 1 aliphatic rings. The predicted molar refractivity (Wildman–Crippen MR) is 419 cm³/mol. The molecule has 1 fully saturated rings. The SMILES string of the molecule is C.C.C.C.C.C.C.C.CCC(C)c1ccc(C(OC(=O)OC(C)(C)C)(C(F)(F)F)C(F)(F)F)cc1.CCC(C)c1ccc(C(OC(C)OCCC2CCCCC2)(C(F)(F)F)C(F)(F)F)cc1.CCC(C)c1ccc(C(OCC(=O)OC(C)(C)C)(C(F)(F)F)C(F)(F)F)cc1.CCOC(C)OC(c1ccc(C(C)CC)cc1)(C(F)(F)F)C(F)(F)F. The minimum absolute atomic E-state index is 0. The van der Waals surface area contributed by atoms with Crippen LogP contribution in [0.1, 0.15) is 310 Å². The Balaban J connectivity index is -0.000000276. The molecular formula is C85H132F24O10. The molecule has 700 valence electrons. The fourth-order valence-corrected chi connectivity index (χ4v) is 11.5. The van der Waals surface area contributed by atoms with Crippen LogP contribution in [0.25, 0.3) is 0 Å². The zero-order valence-electron chi connectivity index (χ0n) is 64.6. The molecule has 1 aliphatic carbocycles. The number of hydrogen-bond donors (Lipinski definition) is 0. The number of halogens is 24. The molecule has 0 amide bonds. The summed E-state index contributed by atoms with van der Waals surface area (Å²) < 4.78 is 366. The first-order valence-corrected chi connectivity index (χ1v) is 35.7. The lowest BCUT2D eigenvalue weighted by molar-refractivity contribution is -0.415. The molecule has 0 spiro atoms. The van der Waals surface area contributed by atoms with Gasteiger partial charge in [-0.15, -0.1) is 0 Å². The second-order valence-electron chi connectivity index (χ2n) is 28.9. The van der Waals surface area contributed by atoms with Gasteiger partial charge in [0.15, 0.2) is 12.6 Å². The van der Waals surface area contributed by atoms with E-state index >= 15 is 0 Å². The smallest absolute Gasteiger partial charge is 0.458 e. The third-order valence-electron chi connectivity index (χ3n) is 18.3. The van der Waals surface area contributed by atoms with Gasteiger partial charge in [0.1, 0.15) is 17.8 Å². The van der Waals surface area contributed by atoms with E-state index in [1.807, 2.05) is 41.5 Å². The molecule has 0 saturated heterocycles. The number of rotatable bonds is 26. The first-order chi connectivity index (χ1) is 50.4. The Bertz CT molecular complexity index is 3340. The standard InChI is InChI=1S/C23H32F6O2.C19H24F6O3.C18H22F6O3.C17H22F6O2.8CH4/c1-4-16(2)19-10-12-20(13-11-19)21(22(24,25)26,23(27,28)29)31-17(3)30-15-14-18-8-6-5-7-9-18;1-6-12(2)13-7-9-14(10-8-13)17(18(20,21)22,19(23,24)25)27-11-15(26)28-16(3,4)5;1-6-11(2)12-7-9-13(10-8-12)16(17(19,20)21,18(22,23)24)27-14(25)26-15(3,4)5;1-5-11(3)13-7-9-14(10-8-13)15(16(18,19)20,17(21,22)23)25-12(4)24-6-2;;;;;;;;/h10-13,16-18H,4-9,14-15H2,1-3H3;7-10,12H,6,11H2,1-5H3;7-11H,6H2,1-5H3;7-12H,5-6H2,1-4H3;8*1H4. The van der Waals surface area contributed by atoms with Gasteiger partial charge in [-0.1, -0.05) is 244 Å². The molecular weight excluding hydrogens is 1640 g/mol. The van der Waals surface area contributed by atoms with E-state index in [1.165, 1.54) is 84.9 Å². The van der Waals surface area contributed by atoms with E-state index in [-0.39, 0.29) is 96.3 Å². The molecule has 119 heavy (non-hydrogen) atoms. The van der Waals surface area contributed by atoms with Crippen molar-refractivity contribution in [3.63, 3.8) is 0 Å². The molecule has 0 aliphatic heterocycles. The van der Waals surface area contributed by atoms with Crippen LogP contribution in [0.15, 0.2) is 97.1 Å². The average molecular weight is 1770 g/mol. The summed E-state index contributed by atoms with van der Waals surface area (Å²) in [6, 6.07) is 16.0. The van der Waals surface area contributed by atoms with E-state index < -0.39 is 137 Å². The van der Waals surface area contributed by atoms with Gasteiger partial charge in [-0.2, -0.15) is 105 Å². The van der Waals surface area contributed by atoms with Crippen molar-refractivity contribution in [2.75, 3.05) is 19.8 Å². The van der Waals surface area contributed by atoms with Gasteiger partial charge in [0.05, 0.1) is 0 Å². The quantitative estimate of drug-likeness (QED) is 0.0343. The van der Waals surface area contributed by atoms with Crippen LogP contribution in [0.5, 0.6) is 0 Å². The van der Waals surface area contributed by atoms with Crippen molar-refractivity contribution in [1.82, 2.24) is 0 Å². The minimum atomic E-state index is -5.96. The zero-order chi connectivity index (χ0) is 86.0. The topological polar surface area (TPSA) is 108 Å². The Morgan fingerprint density at radius 2 is 0.580 bits per heavy atom. The summed E-state index contributed by atoms with van der Waals surface area (Å²) in [4.78, 5) is 23.4. The number of hydrogen-bond acceptors (Lipinski definition) is 10. The van der Waals surface area contributed by atoms with Gasteiger partial charge in [-0.05, 0) is 146 Å². The molecule has 1 saturated carbocycles. The number of carbonyl (C=O) groups is 2. The van der Waals surface area contributed by atoms with Gasteiger partial charge in [-0.3, -0.25) is 0 Å². The third-order valence-corrected chi connectivity index (χ3v) is 18.3. The van der Waals surface area contributed by atoms with E-state index in [9.17, 15) is 115 Å². The number of alkyl halides is 24. The minimum Gasteiger partial charge on any atom is -0.458 e. The van der Waals surface area contributed by atoms with E-state index in [0.717, 1.165) is 94.5 Å². The van der Waals surface area contributed by atoms with Crippen molar-refractivity contribution in [2.24, 2.45) is 5.92 Å². The molecule has 0 N–H and O–H groups in total. The first kappa shape index (κ1) is 126. The Kier molecular flexibility index (Phi) is 52.8. The maximum atomic E-state index is 14.0. The van der Waals surface area contributed by atoms with Crippen molar-refractivity contribution < 1.29 is 153 Å². The van der Waals surface area contributed by atoms with E-state index in [4.69, 9.17) is 18.9 Å². The Hall–Kier alpha value is -6.26. The molecule has 0 heterocycles. The second-order valence-corrected chi connectivity index (χ2v) is 28.9. The lowest BCUT2D eigenvalue weighted by Gasteiger charge is -2.39. The van der Waals surface area contributed by atoms with Crippen LogP contribution >= 0.6 is 0 Å². The average Bonchev–Trinajstić information content (AvgIpc) is 0.753. The highest BCUT2D eigenvalue weighted by atomic mass is 19.4. The summed E-state index contributed by atoms with van der Waals surface area (Å²) in [5, 5.41) is 0. The maximum absolute atomic E-state index is 14.0. The molecule has 4 aromatic rings. The fourth-order valence-electron chi connectivity index (χ4n) is 11.5. The molecule has 5 rings (SSSR count). The summed E-state index contributed by atoms with van der Waals surface area (Å²) in [5.74, 6) is -1.00. The van der Waals surface area contributed by atoms with Gasteiger partial charge in [0.2, 0.25) is 0 Å². The molecule has 34 heteroatoms. The molecule has 0 bridgehead atoms. The summed E-state index contributed by atoms with van der Waals surface area (Å²) in [6.45, 7) is 24.9. The lowest BCUT2D eigenvalue weighted by Crippen LogP contribution is -2.57. The predicted octanol–water partition coefficient (Wildman–Crippen LogP) is 31.2. The molecule has 10 nitrogen and oxygen atoms in total. The van der Waals surface area contributed by atoms with Crippen molar-refractivity contribution in [2.45, 2.75) is 361 Å². The lowest BCUT2D eigenvalue weighted by atomic mass is 9.87. The number of benzene rings is 4. The van der Waals surface area contributed by atoms with Crippen LogP contribution in [0.3, 0.4) is 0 Å². The van der Waals surface area contributed by atoms with E-state index in [1.54, 1.807) is 13.8 Å². The number of esters is 1. The van der Waals surface area contributed by atoms with Crippen LogP contribution in [0.2, 0.25) is 0 Å². The largest absolute Gasteiger partial charge is 0.510 e. The summed E-state index contributed by atoms with van der Waals surface area (Å²) >= 11 is 0. The highest BCUT2D eigenvalue weighted by molar-refractivity contribution is 5.71. The molecule has 6 unspecified atom stereocenters. The van der Waals surface area contributed by atoms with Crippen LogP contribution in [-0.2, 0) is 65.1 Å². The van der Waals surface area contributed by atoms with Crippen molar-refractivity contribution >= 4 is 12.1 Å². The zero-order valence-corrected chi connectivity index (χ0v) is 64.6. The summed E-state index contributed by atoms with van der Waals surface area (Å²) in [6.07, 6.45) is -43.2. The highest BCUT2D eigenvalue weighted by Gasteiger charge is 2.78. The Morgan fingerprint density at radius 1 is 0.336 bits per heavy atom. The van der Waals surface area contributed by atoms with Gasteiger partial charge in [0, 0.05) is 35.5 Å². The van der Waals surface area contributed by atoms with Crippen LogP contribution in [0.4, 0.5) is 110 Å². The van der Waals surface area contributed by atoms with E-state index in [0.29, 0.717) is 72.4 Å². The second kappa shape index (κ2) is 49.9. The molecule has 0 radical (unpaired) electrons. The Labute approximate surface area is 690 Å². The van der Waals surface area contributed by atoms with E-state index in [2.05, 4.69) is 18.9 Å². The third kappa shape index (κ3) is 33.1. The van der Waals surface area contributed by atoms with Crippen molar-refractivity contribution in [1.29, 1.82) is 0 Å². The Morgan fingerprint density at radius 3 is 0.815 bits per heavy atom. The van der Waals surface area contributed by atoms with Gasteiger partial charge in [-0.25, -0.2) is 9.59 Å². The molecule has 4 aromatic carbocycles. The van der Waals surface area contributed by atoms with Gasteiger partial charge < -0.3 is 37.9 Å². The summed E-state index contributed by atoms with van der Waals surface area (Å²) in [5.41, 5.74) is -22.8. The maximum Gasteiger partial charge on any atom is 0.510 e. The normalized spacial score (nSPS) is 15.0. The van der Waals surface area contributed by atoms with Crippen LogP contribution in [0, 0.1) is 5.92 Å². The number of ether oxygens (including phenoxy) is 8. The van der Waals surface area contributed by atoms with Crippen LogP contribution < -0.4 is 0 Å². The highest BCUT2D eigenvalue weighted by Crippen LogP contribution is 2.58. The molecule has 0 aromatic heterocycles. The fraction of sp³-hybridized carbons (Fsp3) is 0.694. The summed E-state index contributed by atoms with van der Waals surface area (Å²) in [7, 11) is 0. The number of carbonyl (C=O) groups excluding carboxylic acids is 2. The van der Waals surface area contributed by atoms with Gasteiger partial charge >= 0.3 is 67.1 Å². The van der Waals surface area contributed by atoms with Gasteiger partial charge in [0.25, 0.3) is 16.8 Å².